The lowest BCUT2D eigenvalue weighted by Crippen LogP contribution is -2.24. The first-order valence-corrected chi connectivity index (χ1v) is 8.65. The number of hydrogen-bond acceptors (Lipinski definition) is 5. The van der Waals surface area contributed by atoms with E-state index in [1.807, 2.05) is 32.2 Å². The van der Waals surface area contributed by atoms with E-state index in [0.717, 1.165) is 16.5 Å². The molecular formula is C16H18N4O2S. The first-order valence-electron chi connectivity index (χ1n) is 7.26. The SMILES string of the molecule is CSCc1noc(CNC(=O)c2[nH]c3ccc(C)cc3c2C)n1. The van der Waals surface area contributed by atoms with Crippen LogP contribution in [0, 0.1) is 13.8 Å². The summed E-state index contributed by atoms with van der Waals surface area (Å²) >= 11 is 1.62. The Morgan fingerprint density at radius 1 is 1.39 bits per heavy atom. The summed E-state index contributed by atoms with van der Waals surface area (Å²) in [6.45, 7) is 4.19. The van der Waals surface area contributed by atoms with Gasteiger partial charge in [0, 0.05) is 10.9 Å². The second-order valence-electron chi connectivity index (χ2n) is 5.39. The molecule has 7 heteroatoms. The molecule has 2 heterocycles. The van der Waals surface area contributed by atoms with Crippen molar-refractivity contribution in [3.8, 4) is 0 Å². The largest absolute Gasteiger partial charge is 0.350 e. The highest BCUT2D eigenvalue weighted by molar-refractivity contribution is 7.97. The molecule has 1 aromatic carbocycles. The number of amides is 1. The first kappa shape index (κ1) is 15.6. The molecule has 0 fully saturated rings. The molecule has 0 unspecified atom stereocenters. The maximum absolute atomic E-state index is 12.4. The van der Waals surface area contributed by atoms with Crippen LogP contribution in [-0.2, 0) is 12.3 Å². The number of carbonyl (C=O) groups is 1. The molecule has 0 bridgehead atoms. The Bertz CT molecular complexity index is 853. The van der Waals surface area contributed by atoms with Crippen LogP contribution < -0.4 is 5.32 Å². The average molecular weight is 330 g/mol. The normalized spacial score (nSPS) is 11.1. The molecule has 23 heavy (non-hydrogen) atoms. The summed E-state index contributed by atoms with van der Waals surface area (Å²) in [7, 11) is 0. The molecular weight excluding hydrogens is 312 g/mol. The Balaban J connectivity index is 1.74. The van der Waals surface area contributed by atoms with Crippen LogP contribution in [-0.4, -0.2) is 27.3 Å². The van der Waals surface area contributed by atoms with E-state index in [2.05, 4.69) is 26.5 Å². The van der Waals surface area contributed by atoms with Gasteiger partial charge in [-0.25, -0.2) is 0 Å². The third-order valence-electron chi connectivity index (χ3n) is 3.62. The highest BCUT2D eigenvalue weighted by Gasteiger charge is 2.15. The van der Waals surface area contributed by atoms with Gasteiger partial charge in [0.2, 0.25) is 5.89 Å². The van der Waals surface area contributed by atoms with E-state index in [1.165, 1.54) is 5.56 Å². The van der Waals surface area contributed by atoms with Gasteiger partial charge in [0.05, 0.1) is 12.3 Å². The second kappa shape index (κ2) is 6.45. The van der Waals surface area contributed by atoms with E-state index in [4.69, 9.17) is 4.52 Å². The van der Waals surface area contributed by atoms with E-state index in [0.29, 0.717) is 23.2 Å². The van der Waals surface area contributed by atoms with Gasteiger partial charge in [-0.05, 0) is 37.8 Å². The third-order valence-corrected chi connectivity index (χ3v) is 4.17. The van der Waals surface area contributed by atoms with Crippen molar-refractivity contribution in [1.29, 1.82) is 0 Å². The van der Waals surface area contributed by atoms with Crippen LogP contribution in [0.4, 0.5) is 0 Å². The smallest absolute Gasteiger partial charge is 0.268 e. The van der Waals surface area contributed by atoms with E-state index < -0.39 is 0 Å². The van der Waals surface area contributed by atoms with Crippen LogP contribution >= 0.6 is 11.8 Å². The fourth-order valence-electron chi connectivity index (χ4n) is 2.46. The maximum Gasteiger partial charge on any atom is 0.268 e. The zero-order valence-corrected chi connectivity index (χ0v) is 14.1. The van der Waals surface area contributed by atoms with Crippen molar-refractivity contribution in [1.82, 2.24) is 20.4 Å². The van der Waals surface area contributed by atoms with Crippen molar-refractivity contribution >= 4 is 28.6 Å². The standard InChI is InChI=1S/C16H18N4O2S/c1-9-4-5-12-11(6-9)10(2)15(18-12)16(21)17-7-14-19-13(8-23-3)20-22-14/h4-6,18H,7-8H2,1-3H3,(H,17,21). The molecule has 0 saturated heterocycles. The average Bonchev–Trinajstić information content (AvgIpc) is 3.11. The predicted molar refractivity (Wildman–Crippen MR) is 90.5 cm³/mol. The van der Waals surface area contributed by atoms with E-state index in [1.54, 1.807) is 11.8 Å². The zero-order chi connectivity index (χ0) is 16.4. The van der Waals surface area contributed by atoms with Crippen LogP contribution in [0.3, 0.4) is 0 Å². The summed E-state index contributed by atoms with van der Waals surface area (Å²) in [5.41, 5.74) is 3.63. The molecule has 2 N–H and O–H groups in total. The fourth-order valence-corrected chi connectivity index (χ4v) is 2.84. The highest BCUT2D eigenvalue weighted by Crippen LogP contribution is 2.22. The van der Waals surface area contributed by atoms with E-state index >= 15 is 0 Å². The monoisotopic (exact) mass is 330 g/mol. The molecule has 0 aliphatic rings. The van der Waals surface area contributed by atoms with Gasteiger partial charge in [0.15, 0.2) is 5.82 Å². The van der Waals surface area contributed by atoms with Crippen LogP contribution in [0.15, 0.2) is 22.7 Å². The number of aryl methyl sites for hydroxylation is 2. The molecule has 2 aromatic heterocycles. The maximum atomic E-state index is 12.4. The number of carbonyl (C=O) groups excluding carboxylic acids is 1. The van der Waals surface area contributed by atoms with Gasteiger partial charge in [-0.1, -0.05) is 16.8 Å². The van der Waals surface area contributed by atoms with Crippen molar-refractivity contribution in [3.63, 3.8) is 0 Å². The van der Waals surface area contributed by atoms with Crippen molar-refractivity contribution in [2.45, 2.75) is 26.1 Å². The summed E-state index contributed by atoms with van der Waals surface area (Å²) in [5.74, 6) is 1.56. The van der Waals surface area contributed by atoms with Crippen molar-refractivity contribution in [2.75, 3.05) is 6.26 Å². The van der Waals surface area contributed by atoms with Crippen molar-refractivity contribution in [3.05, 3.63) is 46.7 Å². The molecule has 3 rings (SSSR count). The summed E-state index contributed by atoms with van der Waals surface area (Å²) in [5, 5.41) is 7.73. The topological polar surface area (TPSA) is 83.8 Å². The van der Waals surface area contributed by atoms with E-state index in [-0.39, 0.29) is 12.5 Å². The molecule has 6 nitrogen and oxygen atoms in total. The molecule has 0 aliphatic carbocycles. The van der Waals surface area contributed by atoms with Gasteiger partial charge in [0.1, 0.15) is 5.69 Å². The lowest BCUT2D eigenvalue weighted by atomic mass is 10.1. The third kappa shape index (κ3) is 3.24. The predicted octanol–water partition coefficient (Wildman–Crippen LogP) is 2.96. The molecule has 0 spiro atoms. The number of fused-ring (bicyclic) bond motifs is 1. The number of thioether (sulfide) groups is 1. The van der Waals surface area contributed by atoms with Crippen LogP contribution in [0.1, 0.15) is 33.3 Å². The molecule has 0 saturated carbocycles. The number of nitrogens with zero attached hydrogens (tertiary/aromatic N) is 2. The van der Waals surface area contributed by atoms with Crippen LogP contribution in [0.5, 0.6) is 0 Å². The quantitative estimate of drug-likeness (QED) is 0.751. The summed E-state index contributed by atoms with van der Waals surface area (Å²) in [6, 6.07) is 6.08. The van der Waals surface area contributed by atoms with Crippen LogP contribution in [0.2, 0.25) is 0 Å². The Morgan fingerprint density at radius 2 is 2.22 bits per heavy atom. The number of benzene rings is 1. The van der Waals surface area contributed by atoms with Crippen molar-refractivity contribution in [2.24, 2.45) is 0 Å². The second-order valence-corrected chi connectivity index (χ2v) is 6.26. The lowest BCUT2D eigenvalue weighted by Gasteiger charge is -2.01. The number of hydrogen-bond donors (Lipinski definition) is 2. The number of rotatable bonds is 5. The fraction of sp³-hybridized carbons (Fsp3) is 0.312. The van der Waals surface area contributed by atoms with Gasteiger partial charge >= 0.3 is 0 Å². The Hall–Kier alpha value is -2.28. The van der Waals surface area contributed by atoms with E-state index in [9.17, 15) is 4.79 Å². The van der Waals surface area contributed by atoms with Gasteiger partial charge < -0.3 is 14.8 Å². The van der Waals surface area contributed by atoms with Gasteiger partial charge in [-0.15, -0.1) is 0 Å². The van der Waals surface area contributed by atoms with Crippen molar-refractivity contribution < 1.29 is 9.32 Å². The number of nitrogens with one attached hydrogen (secondary N) is 2. The minimum absolute atomic E-state index is 0.180. The molecule has 0 radical (unpaired) electrons. The number of aromatic amines is 1. The van der Waals surface area contributed by atoms with Crippen LogP contribution in [0.25, 0.3) is 10.9 Å². The first-order chi connectivity index (χ1) is 11.1. The summed E-state index contributed by atoms with van der Waals surface area (Å²) in [6.07, 6.45) is 1.97. The Labute approximate surface area is 138 Å². The Morgan fingerprint density at radius 3 is 3.00 bits per heavy atom. The zero-order valence-electron chi connectivity index (χ0n) is 13.3. The Kier molecular flexibility index (Phi) is 4.38. The van der Waals surface area contributed by atoms with Gasteiger partial charge in [-0.2, -0.15) is 16.7 Å². The highest BCUT2D eigenvalue weighted by atomic mass is 32.2. The summed E-state index contributed by atoms with van der Waals surface area (Å²) < 4.78 is 5.11. The summed E-state index contributed by atoms with van der Waals surface area (Å²) in [4.78, 5) is 19.8. The molecule has 1 amide bonds. The molecule has 120 valence electrons. The minimum atomic E-state index is -0.180. The molecule has 0 atom stereocenters. The van der Waals surface area contributed by atoms with Gasteiger partial charge in [0.25, 0.3) is 5.91 Å². The minimum Gasteiger partial charge on any atom is -0.350 e. The molecule has 3 aromatic rings. The number of aromatic nitrogens is 3. The molecule has 0 aliphatic heterocycles. The number of H-pyrrole nitrogens is 1. The van der Waals surface area contributed by atoms with Gasteiger partial charge in [-0.3, -0.25) is 4.79 Å². The lowest BCUT2D eigenvalue weighted by molar-refractivity contribution is 0.0941.